The first-order chi connectivity index (χ1) is 6.19. The van der Waals surface area contributed by atoms with Crippen LogP contribution in [0.25, 0.3) is 0 Å². The molecule has 0 heterocycles. The molecule has 0 unspecified atom stereocenters. The molecular formula is C8H14F3NO2. The lowest BCUT2D eigenvalue weighted by molar-refractivity contribution is -0.174. The molecule has 0 radical (unpaired) electrons. The summed E-state index contributed by atoms with van der Waals surface area (Å²) in [6.45, 7) is 5.15. The number of alkyl halides is 3. The third kappa shape index (κ3) is 5.06. The molecule has 0 fully saturated rings. The molecule has 0 atom stereocenters. The van der Waals surface area contributed by atoms with Crippen molar-refractivity contribution in [3.8, 4) is 0 Å². The lowest BCUT2D eigenvalue weighted by atomic mass is 10.1. The van der Waals surface area contributed by atoms with E-state index in [1.54, 1.807) is 26.1 Å². The molecule has 0 saturated heterocycles. The van der Waals surface area contributed by atoms with E-state index in [0.29, 0.717) is 6.61 Å². The molecule has 0 aromatic heterocycles. The maximum atomic E-state index is 11.8. The summed E-state index contributed by atoms with van der Waals surface area (Å²) in [6.07, 6.45) is -4.83. The van der Waals surface area contributed by atoms with Crippen molar-refractivity contribution in [1.29, 1.82) is 0 Å². The Hall–Kier alpha value is -0.780. The minimum Gasteiger partial charge on any atom is -0.374 e. The highest BCUT2D eigenvalue weighted by atomic mass is 19.4. The van der Waals surface area contributed by atoms with Gasteiger partial charge in [0.1, 0.15) is 0 Å². The summed E-state index contributed by atoms with van der Waals surface area (Å²) in [5.41, 5.74) is -0.782. The number of hydrogen-bond acceptors (Lipinski definition) is 2. The average molecular weight is 213 g/mol. The summed E-state index contributed by atoms with van der Waals surface area (Å²) < 4.78 is 40.4. The number of carbonyl (C=O) groups excluding carboxylic acids is 1. The number of nitrogens with one attached hydrogen (secondary N) is 1. The summed E-state index contributed by atoms with van der Waals surface area (Å²) in [6, 6.07) is 0. The van der Waals surface area contributed by atoms with E-state index in [-0.39, 0.29) is 6.54 Å². The topological polar surface area (TPSA) is 38.3 Å². The zero-order chi connectivity index (χ0) is 11.4. The van der Waals surface area contributed by atoms with Gasteiger partial charge in [-0.15, -0.1) is 0 Å². The van der Waals surface area contributed by atoms with Crippen LogP contribution in [0, 0.1) is 0 Å². The highest BCUT2D eigenvalue weighted by Gasteiger charge is 2.39. The van der Waals surface area contributed by atoms with Crippen LogP contribution in [0.1, 0.15) is 20.8 Å². The molecule has 0 aliphatic heterocycles. The fraction of sp³-hybridized carbons (Fsp3) is 0.875. The first-order valence-electron chi connectivity index (χ1n) is 4.18. The van der Waals surface area contributed by atoms with E-state index in [4.69, 9.17) is 4.74 Å². The summed E-state index contributed by atoms with van der Waals surface area (Å²) in [7, 11) is 0. The van der Waals surface area contributed by atoms with Gasteiger partial charge in [-0.25, -0.2) is 0 Å². The third-order valence-electron chi connectivity index (χ3n) is 1.47. The molecule has 0 saturated carbocycles. The van der Waals surface area contributed by atoms with Gasteiger partial charge in [0, 0.05) is 13.2 Å². The molecule has 0 aliphatic carbocycles. The lowest BCUT2D eigenvalue weighted by Crippen LogP contribution is -2.45. The van der Waals surface area contributed by atoms with Gasteiger partial charge in [0.25, 0.3) is 0 Å². The Balaban J connectivity index is 4.00. The van der Waals surface area contributed by atoms with E-state index in [0.717, 1.165) is 0 Å². The second-order valence-electron chi connectivity index (χ2n) is 3.37. The van der Waals surface area contributed by atoms with Crippen molar-refractivity contribution in [2.45, 2.75) is 32.5 Å². The van der Waals surface area contributed by atoms with Crippen LogP contribution < -0.4 is 5.32 Å². The second-order valence-corrected chi connectivity index (χ2v) is 3.37. The van der Waals surface area contributed by atoms with Gasteiger partial charge in [0.05, 0.1) is 5.60 Å². The highest BCUT2D eigenvalue weighted by Crippen LogP contribution is 2.15. The third-order valence-corrected chi connectivity index (χ3v) is 1.47. The molecule has 1 amide bonds. The highest BCUT2D eigenvalue weighted by molar-refractivity contribution is 5.81. The predicted octanol–water partition coefficient (Wildman–Crippen LogP) is 1.48. The quantitative estimate of drug-likeness (QED) is 0.768. The van der Waals surface area contributed by atoms with E-state index < -0.39 is 17.7 Å². The Morgan fingerprint density at radius 2 is 1.86 bits per heavy atom. The molecule has 3 nitrogen and oxygen atoms in total. The van der Waals surface area contributed by atoms with Crippen LogP contribution >= 0.6 is 0 Å². The molecule has 0 aromatic carbocycles. The number of hydrogen-bond donors (Lipinski definition) is 1. The van der Waals surface area contributed by atoms with Gasteiger partial charge in [-0.05, 0) is 20.8 Å². The fourth-order valence-electron chi connectivity index (χ4n) is 0.835. The Kier molecular flexibility index (Phi) is 4.38. The Bertz CT molecular complexity index is 201. The van der Waals surface area contributed by atoms with Gasteiger partial charge >= 0.3 is 12.1 Å². The lowest BCUT2D eigenvalue weighted by Gasteiger charge is -2.25. The number of amides is 1. The number of carbonyl (C=O) groups is 1. The van der Waals surface area contributed by atoms with E-state index in [1.165, 1.54) is 0 Å². The zero-order valence-electron chi connectivity index (χ0n) is 8.36. The van der Waals surface area contributed by atoms with Gasteiger partial charge in [0.2, 0.25) is 0 Å². The maximum Gasteiger partial charge on any atom is 0.471 e. The maximum absolute atomic E-state index is 11.8. The molecule has 6 heteroatoms. The van der Waals surface area contributed by atoms with Crippen LogP contribution in [-0.2, 0) is 9.53 Å². The first kappa shape index (κ1) is 13.2. The number of rotatable bonds is 4. The van der Waals surface area contributed by atoms with Crippen LogP contribution in [0.2, 0.25) is 0 Å². The van der Waals surface area contributed by atoms with Gasteiger partial charge in [0.15, 0.2) is 0 Å². The Morgan fingerprint density at radius 1 is 1.36 bits per heavy atom. The van der Waals surface area contributed by atoms with Gasteiger partial charge in [-0.1, -0.05) is 0 Å². The monoisotopic (exact) mass is 213 g/mol. The molecule has 84 valence electrons. The predicted molar refractivity (Wildman–Crippen MR) is 44.8 cm³/mol. The molecule has 0 spiro atoms. The summed E-state index contributed by atoms with van der Waals surface area (Å²) >= 11 is 0. The zero-order valence-corrected chi connectivity index (χ0v) is 8.36. The molecule has 0 aromatic rings. The van der Waals surface area contributed by atoms with E-state index >= 15 is 0 Å². The van der Waals surface area contributed by atoms with Crippen molar-refractivity contribution in [2.24, 2.45) is 0 Å². The number of ether oxygens (including phenoxy) is 1. The summed E-state index contributed by atoms with van der Waals surface area (Å²) in [5.74, 6) is -1.94. The van der Waals surface area contributed by atoms with E-state index in [1.807, 2.05) is 0 Å². The SMILES string of the molecule is CCOC(C)(C)CNC(=O)C(F)(F)F. The van der Waals surface area contributed by atoms with Crippen LogP contribution in [0.15, 0.2) is 0 Å². The van der Waals surface area contributed by atoms with Crippen molar-refractivity contribution in [3.05, 3.63) is 0 Å². The standard InChI is InChI=1S/C8H14F3NO2/c1-4-14-7(2,3)5-12-6(13)8(9,10)11/h4-5H2,1-3H3,(H,12,13). The Morgan fingerprint density at radius 3 is 2.21 bits per heavy atom. The van der Waals surface area contributed by atoms with Crippen LogP contribution in [0.5, 0.6) is 0 Å². The summed E-state index contributed by atoms with van der Waals surface area (Å²) in [4.78, 5) is 10.4. The van der Waals surface area contributed by atoms with Crippen molar-refractivity contribution in [1.82, 2.24) is 5.32 Å². The van der Waals surface area contributed by atoms with Crippen LogP contribution in [0.3, 0.4) is 0 Å². The summed E-state index contributed by atoms with van der Waals surface area (Å²) in [5, 5.41) is 1.76. The van der Waals surface area contributed by atoms with Gasteiger partial charge < -0.3 is 10.1 Å². The van der Waals surface area contributed by atoms with Crippen LogP contribution in [0.4, 0.5) is 13.2 Å². The molecule has 0 bridgehead atoms. The van der Waals surface area contributed by atoms with Crippen molar-refractivity contribution in [3.63, 3.8) is 0 Å². The minimum atomic E-state index is -4.83. The molecule has 1 N–H and O–H groups in total. The van der Waals surface area contributed by atoms with Crippen molar-refractivity contribution in [2.75, 3.05) is 13.2 Å². The Labute approximate surface area is 80.6 Å². The normalized spacial score (nSPS) is 12.7. The van der Waals surface area contributed by atoms with Crippen molar-refractivity contribution >= 4 is 5.91 Å². The smallest absolute Gasteiger partial charge is 0.374 e. The average Bonchev–Trinajstić information content (AvgIpc) is 1.98. The molecule has 0 rings (SSSR count). The largest absolute Gasteiger partial charge is 0.471 e. The second kappa shape index (κ2) is 4.63. The van der Waals surface area contributed by atoms with E-state index in [9.17, 15) is 18.0 Å². The first-order valence-corrected chi connectivity index (χ1v) is 4.18. The van der Waals surface area contributed by atoms with Gasteiger partial charge in [-0.2, -0.15) is 13.2 Å². The molecular weight excluding hydrogens is 199 g/mol. The molecule has 0 aliphatic rings. The minimum absolute atomic E-state index is 0.167. The van der Waals surface area contributed by atoms with Crippen LogP contribution in [-0.4, -0.2) is 30.8 Å². The molecule has 14 heavy (non-hydrogen) atoms. The number of halogens is 3. The fourth-order valence-corrected chi connectivity index (χ4v) is 0.835. The van der Waals surface area contributed by atoms with Gasteiger partial charge in [-0.3, -0.25) is 4.79 Å². The van der Waals surface area contributed by atoms with Crippen molar-refractivity contribution < 1.29 is 22.7 Å². The van der Waals surface area contributed by atoms with E-state index in [2.05, 4.69) is 0 Å².